The number of imide groups is 1. The van der Waals surface area contributed by atoms with Crippen LogP contribution in [0.3, 0.4) is 0 Å². The minimum atomic E-state index is -0.658. The van der Waals surface area contributed by atoms with Gasteiger partial charge in [-0.15, -0.1) is 0 Å². The number of carbonyl (C=O) groups excluding carboxylic acids is 4. The number of hydrogen-bond acceptors (Lipinski definition) is 5. The molecular formula is C28H23NO5. The van der Waals surface area contributed by atoms with Gasteiger partial charge in [0.2, 0.25) is 11.8 Å². The van der Waals surface area contributed by atoms with Crippen molar-refractivity contribution in [3.05, 3.63) is 76.4 Å². The van der Waals surface area contributed by atoms with Gasteiger partial charge in [-0.2, -0.15) is 0 Å². The molecule has 1 fully saturated rings. The van der Waals surface area contributed by atoms with Gasteiger partial charge in [-0.1, -0.05) is 42.0 Å². The van der Waals surface area contributed by atoms with Crippen LogP contribution in [0.2, 0.25) is 0 Å². The molecule has 6 nitrogen and oxygen atoms in total. The summed E-state index contributed by atoms with van der Waals surface area (Å²) in [5.41, 5.74) is 2.57. The van der Waals surface area contributed by atoms with Crippen molar-refractivity contribution in [3.63, 3.8) is 0 Å². The molecule has 0 radical (unpaired) electrons. The Kier molecular flexibility index (Phi) is 4.34. The van der Waals surface area contributed by atoms with Crippen LogP contribution in [0.1, 0.15) is 31.2 Å². The fraction of sp³-hybridized carbons (Fsp3) is 0.286. The first-order valence-electron chi connectivity index (χ1n) is 11.5. The summed E-state index contributed by atoms with van der Waals surface area (Å²) in [5, 5.41) is 12.8. The number of carbonyl (C=O) groups is 4. The largest absolute Gasteiger partial charge is 0.508 e. The molecule has 1 saturated heterocycles. The molecule has 1 aliphatic heterocycles. The number of aromatic hydroxyl groups is 1. The van der Waals surface area contributed by atoms with E-state index in [-0.39, 0.29) is 41.5 Å². The van der Waals surface area contributed by atoms with Gasteiger partial charge in [-0.3, -0.25) is 24.1 Å². The van der Waals surface area contributed by atoms with Crippen molar-refractivity contribution in [1.82, 2.24) is 4.90 Å². The van der Waals surface area contributed by atoms with Crippen molar-refractivity contribution in [3.8, 4) is 5.75 Å². The minimum absolute atomic E-state index is 0.0395. The molecule has 2 aromatic carbocycles. The highest BCUT2D eigenvalue weighted by Gasteiger charge is 2.55. The summed E-state index contributed by atoms with van der Waals surface area (Å²) in [6, 6.07) is 11.1. The van der Waals surface area contributed by atoms with Gasteiger partial charge in [0.1, 0.15) is 5.75 Å². The van der Waals surface area contributed by atoms with Gasteiger partial charge in [0, 0.05) is 35.2 Å². The minimum Gasteiger partial charge on any atom is -0.508 e. The topological polar surface area (TPSA) is 91.8 Å². The summed E-state index contributed by atoms with van der Waals surface area (Å²) in [6.45, 7) is 1.63. The third-order valence-electron chi connectivity index (χ3n) is 8.02. The summed E-state index contributed by atoms with van der Waals surface area (Å²) >= 11 is 0. The number of amides is 2. The first-order chi connectivity index (χ1) is 16.3. The average Bonchev–Trinajstić information content (AvgIpc) is 3.05. The molecule has 4 atom stereocenters. The van der Waals surface area contributed by atoms with Gasteiger partial charge in [0.05, 0.1) is 11.8 Å². The molecule has 0 spiro atoms. The number of allylic oxidation sites excluding steroid dienone is 6. The maximum Gasteiger partial charge on any atom is 0.233 e. The summed E-state index contributed by atoms with van der Waals surface area (Å²) < 4.78 is 0. The van der Waals surface area contributed by atoms with Gasteiger partial charge in [-0.05, 0) is 48.6 Å². The van der Waals surface area contributed by atoms with Crippen molar-refractivity contribution in [2.45, 2.75) is 25.7 Å². The fourth-order valence-electron chi connectivity index (χ4n) is 6.44. The van der Waals surface area contributed by atoms with E-state index in [0.717, 1.165) is 16.3 Å². The third kappa shape index (κ3) is 2.62. The van der Waals surface area contributed by atoms with E-state index in [1.807, 2.05) is 36.4 Å². The Balaban J connectivity index is 1.64. The first-order valence-corrected chi connectivity index (χ1v) is 11.5. The molecule has 6 heteroatoms. The zero-order valence-electron chi connectivity index (χ0n) is 18.9. The number of nitrogens with zero attached hydrogens (tertiary/aromatic N) is 1. The van der Waals surface area contributed by atoms with Crippen molar-refractivity contribution < 1.29 is 24.3 Å². The normalized spacial score (nSPS) is 28.6. The van der Waals surface area contributed by atoms with Crippen LogP contribution in [-0.4, -0.2) is 40.4 Å². The molecule has 6 rings (SSSR count). The van der Waals surface area contributed by atoms with Crippen LogP contribution < -0.4 is 0 Å². The molecule has 0 aromatic heterocycles. The lowest BCUT2D eigenvalue weighted by Gasteiger charge is -2.42. The molecule has 1 heterocycles. The molecule has 3 aliphatic carbocycles. The quantitative estimate of drug-likeness (QED) is 0.405. The molecule has 4 unspecified atom stereocenters. The van der Waals surface area contributed by atoms with Crippen LogP contribution in [0.25, 0.3) is 10.8 Å². The van der Waals surface area contributed by atoms with Gasteiger partial charge in [0.25, 0.3) is 0 Å². The maximum atomic E-state index is 13.5. The van der Waals surface area contributed by atoms with Crippen LogP contribution in [-0.2, 0) is 19.2 Å². The van der Waals surface area contributed by atoms with Crippen molar-refractivity contribution in [1.29, 1.82) is 0 Å². The third-order valence-corrected chi connectivity index (χ3v) is 8.02. The molecule has 2 amide bonds. The first kappa shape index (κ1) is 20.8. The molecular weight excluding hydrogens is 430 g/mol. The molecule has 1 N–H and O–H groups in total. The highest BCUT2D eigenvalue weighted by atomic mass is 16.3. The van der Waals surface area contributed by atoms with E-state index in [2.05, 4.69) is 0 Å². The van der Waals surface area contributed by atoms with Gasteiger partial charge in [0.15, 0.2) is 11.6 Å². The molecule has 0 saturated carbocycles. The number of hydrogen-bond donors (Lipinski definition) is 1. The number of ketones is 2. The van der Waals surface area contributed by atoms with Crippen LogP contribution in [0.4, 0.5) is 0 Å². The molecule has 0 bridgehead atoms. The number of phenols is 1. The van der Waals surface area contributed by atoms with Gasteiger partial charge >= 0.3 is 0 Å². The fourth-order valence-corrected chi connectivity index (χ4v) is 6.44. The van der Waals surface area contributed by atoms with Crippen LogP contribution in [0.15, 0.2) is 70.8 Å². The monoisotopic (exact) mass is 453 g/mol. The zero-order valence-corrected chi connectivity index (χ0v) is 18.9. The number of likely N-dealkylation sites (tertiary alicyclic amines) is 1. The Labute approximate surface area is 196 Å². The lowest BCUT2D eigenvalue weighted by atomic mass is 9.59. The summed E-state index contributed by atoms with van der Waals surface area (Å²) in [5.74, 6) is -2.91. The average molecular weight is 453 g/mol. The number of rotatable bonds is 1. The lowest BCUT2D eigenvalue weighted by molar-refractivity contribution is -0.138. The Morgan fingerprint density at radius 1 is 0.971 bits per heavy atom. The van der Waals surface area contributed by atoms with Crippen molar-refractivity contribution in [2.24, 2.45) is 17.8 Å². The molecule has 34 heavy (non-hydrogen) atoms. The molecule has 4 aliphatic rings. The van der Waals surface area contributed by atoms with E-state index < -0.39 is 17.8 Å². The summed E-state index contributed by atoms with van der Waals surface area (Å²) in [4.78, 5) is 53.7. The van der Waals surface area contributed by atoms with E-state index in [1.165, 1.54) is 18.0 Å². The SMILES string of the molecule is CC1=CC(=O)C2=C(C1=O)C(c1c(O)ccc3ccccc13)C1=CCC3C(=O)N(C)C(=O)C3C1C2. The highest BCUT2D eigenvalue weighted by Crippen LogP contribution is 2.56. The van der Waals surface area contributed by atoms with E-state index >= 15 is 0 Å². The number of fused-ring (bicyclic) bond motifs is 4. The standard InChI is InChI=1S/C28H23NO5/c1-13-11-21(31)19-12-18-16(8-9-17-22(18)28(34)29(2)27(17)33)24(25(19)26(13)32)23-15-6-4-3-5-14(15)7-10-20(23)30/h3-8,10-11,17-18,22,24,30H,9,12H2,1-2H3. The maximum absolute atomic E-state index is 13.5. The van der Waals surface area contributed by atoms with E-state index in [0.29, 0.717) is 28.7 Å². The predicted octanol–water partition coefficient (Wildman–Crippen LogP) is 3.60. The Hall–Kier alpha value is -3.80. The van der Waals surface area contributed by atoms with Gasteiger partial charge < -0.3 is 5.11 Å². The van der Waals surface area contributed by atoms with Crippen LogP contribution in [0.5, 0.6) is 5.75 Å². The second-order valence-electron chi connectivity index (χ2n) is 9.68. The second kappa shape index (κ2) is 7.10. The van der Waals surface area contributed by atoms with E-state index in [1.54, 1.807) is 13.0 Å². The van der Waals surface area contributed by atoms with Crippen molar-refractivity contribution >= 4 is 34.2 Å². The zero-order chi connectivity index (χ0) is 23.9. The highest BCUT2D eigenvalue weighted by molar-refractivity contribution is 6.24. The number of phenolic OH excluding ortho intramolecular Hbond substituents is 1. The number of benzene rings is 2. The van der Waals surface area contributed by atoms with E-state index in [4.69, 9.17) is 0 Å². The van der Waals surface area contributed by atoms with Gasteiger partial charge in [-0.25, -0.2) is 0 Å². The Morgan fingerprint density at radius 2 is 1.74 bits per heavy atom. The molecule has 2 aromatic rings. The van der Waals surface area contributed by atoms with E-state index in [9.17, 15) is 24.3 Å². The van der Waals surface area contributed by atoms with Crippen molar-refractivity contribution in [2.75, 3.05) is 7.05 Å². The second-order valence-corrected chi connectivity index (χ2v) is 9.68. The predicted molar refractivity (Wildman–Crippen MR) is 125 cm³/mol. The summed E-state index contributed by atoms with van der Waals surface area (Å²) in [6.07, 6.45) is 3.97. The smallest absolute Gasteiger partial charge is 0.233 e. The number of Topliss-reactive ketones (excluding diaryl/α,β-unsaturated/α-hetero) is 1. The molecule has 170 valence electrons. The van der Waals surface area contributed by atoms with Crippen LogP contribution >= 0.6 is 0 Å². The van der Waals surface area contributed by atoms with Crippen LogP contribution in [0, 0.1) is 17.8 Å². The lowest BCUT2D eigenvalue weighted by Crippen LogP contribution is -2.39. The Morgan fingerprint density at radius 3 is 2.53 bits per heavy atom. The Bertz CT molecular complexity index is 1440. The summed E-state index contributed by atoms with van der Waals surface area (Å²) in [7, 11) is 1.51.